The number of hydrogen-bond acceptors (Lipinski definition) is 3. The molecular weight excluding hydrogens is 302 g/mol. The van der Waals surface area contributed by atoms with Crippen LogP contribution in [0.25, 0.3) is 10.9 Å². The lowest BCUT2D eigenvalue weighted by atomic mass is 10.1. The van der Waals surface area contributed by atoms with E-state index >= 15 is 0 Å². The molecule has 0 spiro atoms. The van der Waals surface area contributed by atoms with E-state index in [1.165, 1.54) is 17.5 Å². The fraction of sp³-hybridized carbons (Fsp3) is 0.400. The molecule has 1 aromatic carbocycles. The number of carbonyl (C=O) groups excluding carboxylic acids is 1. The summed E-state index contributed by atoms with van der Waals surface area (Å²) in [5.74, 6) is -0.162. The van der Waals surface area contributed by atoms with Gasteiger partial charge in [-0.15, -0.1) is 0 Å². The molecule has 0 unspecified atom stereocenters. The Morgan fingerprint density at radius 3 is 2.68 bits per heavy atom. The van der Waals surface area contributed by atoms with Crippen LogP contribution in [0.3, 0.4) is 0 Å². The van der Waals surface area contributed by atoms with Gasteiger partial charge < -0.3 is 10.3 Å². The van der Waals surface area contributed by atoms with Gasteiger partial charge in [0.1, 0.15) is 0 Å². The highest BCUT2D eigenvalue weighted by atomic mass is 32.2. The number of H-pyrrole nitrogens is 1. The Morgan fingerprint density at radius 1 is 1.27 bits per heavy atom. The molecule has 0 atom stereocenters. The summed E-state index contributed by atoms with van der Waals surface area (Å²) in [7, 11) is -3.30. The van der Waals surface area contributed by atoms with Crippen molar-refractivity contribution in [3.8, 4) is 0 Å². The molecule has 6 nitrogen and oxygen atoms in total. The number of carbonyl (C=O) groups is 1. The smallest absolute Gasteiger partial charge is 0.216 e. The van der Waals surface area contributed by atoms with Crippen LogP contribution in [0, 0.1) is 0 Å². The number of aromatic nitrogens is 1. The van der Waals surface area contributed by atoms with Crippen molar-refractivity contribution in [3.05, 3.63) is 36.0 Å². The molecule has 2 aromatic rings. The first-order valence-electron chi connectivity index (χ1n) is 7.12. The Morgan fingerprint density at radius 2 is 2.00 bits per heavy atom. The summed E-state index contributed by atoms with van der Waals surface area (Å²) < 4.78 is 25.1. The molecule has 0 aliphatic heterocycles. The van der Waals surface area contributed by atoms with Gasteiger partial charge in [-0.25, -0.2) is 12.7 Å². The van der Waals surface area contributed by atoms with Gasteiger partial charge in [-0.05, 0) is 18.1 Å². The summed E-state index contributed by atoms with van der Waals surface area (Å²) in [5, 5.41) is 3.73. The van der Waals surface area contributed by atoms with Crippen LogP contribution in [0.1, 0.15) is 12.5 Å². The number of nitrogens with one attached hydrogen (secondary N) is 2. The van der Waals surface area contributed by atoms with Crippen molar-refractivity contribution in [3.63, 3.8) is 0 Å². The van der Waals surface area contributed by atoms with Gasteiger partial charge in [-0.3, -0.25) is 4.79 Å². The molecule has 0 aliphatic rings. The average molecular weight is 323 g/mol. The largest absolute Gasteiger partial charge is 0.361 e. The van der Waals surface area contributed by atoms with Crippen molar-refractivity contribution in [1.29, 1.82) is 0 Å². The molecule has 1 heterocycles. The van der Waals surface area contributed by atoms with E-state index in [0.29, 0.717) is 19.5 Å². The SMILES string of the molecule is CC(=O)NCCN(CCc1c[nH]c2ccccc12)S(C)(=O)=O. The van der Waals surface area contributed by atoms with Crippen molar-refractivity contribution in [2.75, 3.05) is 25.9 Å². The van der Waals surface area contributed by atoms with E-state index in [2.05, 4.69) is 10.3 Å². The number of benzene rings is 1. The summed E-state index contributed by atoms with van der Waals surface area (Å²) in [6, 6.07) is 7.93. The highest BCUT2D eigenvalue weighted by molar-refractivity contribution is 7.88. The van der Waals surface area contributed by atoms with Crippen LogP contribution in [0.4, 0.5) is 0 Å². The Hall–Kier alpha value is -1.86. The van der Waals surface area contributed by atoms with Crippen molar-refractivity contribution >= 4 is 26.8 Å². The third-order valence-corrected chi connectivity index (χ3v) is 4.81. The molecule has 0 saturated carbocycles. The van der Waals surface area contributed by atoms with Crippen LogP contribution in [-0.4, -0.2) is 49.5 Å². The van der Waals surface area contributed by atoms with Gasteiger partial charge >= 0.3 is 0 Å². The van der Waals surface area contributed by atoms with Crippen LogP contribution in [0.2, 0.25) is 0 Å². The van der Waals surface area contributed by atoms with Gasteiger partial charge in [0, 0.05) is 43.7 Å². The third kappa shape index (κ3) is 4.32. The zero-order valence-electron chi connectivity index (χ0n) is 12.8. The normalized spacial score (nSPS) is 12.0. The Balaban J connectivity index is 2.03. The molecule has 2 rings (SSSR count). The fourth-order valence-electron chi connectivity index (χ4n) is 2.38. The quantitative estimate of drug-likeness (QED) is 0.801. The lowest BCUT2D eigenvalue weighted by Gasteiger charge is -2.19. The van der Waals surface area contributed by atoms with Crippen LogP contribution in [-0.2, 0) is 21.2 Å². The van der Waals surface area contributed by atoms with Crippen LogP contribution >= 0.6 is 0 Å². The Kier molecular flexibility index (Phi) is 5.20. The number of hydrogen-bond donors (Lipinski definition) is 2. The molecule has 2 N–H and O–H groups in total. The lowest BCUT2D eigenvalue weighted by Crippen LogP contribution is -2.38. The minimum absolute atomic E-state index is 0.162. The zero-order valence-corrected chi connectivity index (χ0v) is 13.6. The first kappa shape index (κ1) is 16.5. The van der Waals surface area contributed by atoms with Crippen LogP contribution in [0.15, 0.2) is 30.5 Å². The standard InChI is InChI=1S/C15H21N3O3S/c1-12(19)16-8-10-18(22(2,20)21)9-7-13-11-17-15-6-4-3-5-14(13)15/h3-6,11,17H,7-10H2,1-2H3,(H,16,19). The van der Waals surface area contributed by atoms with Gasteiger partial charge in [0.25, 0.3) is 0 Å². The second kappa shape index (κ2) is 6.93. The predicted molar refractivity (Wildman–Crippen MR) is 87.1 cm³/mol. The second-order valence-electron chi connectivity index (χ2n) is 5.25. The highest BCUT2D eigenvalue weighted by Crippen LogP contribution is 2.18. The summed E-state index contributed by atoms with van der Waals surface area (Å²) >= 11 is 0. The maximum Gasteiger partial charge on any atom is 0.216 e. The molecular formula is C15H21N3O3S. The lowest BCUT2D eigenvalue weighted by molar-refractivity contribution is -0.118. The summed E-state index contributed by atoms with van der Waals surface area (Å²) in [6.45, 7) is 2.40. The van der Waals surface area contributed by atoms with Crippen molar-refractivity contribution in [1.82, 2.24) is 14.6 Å². The summed E-state index contributed by atoms with van der Waals surface area (Å²) in [6.07, 6.45) is 3.73. The number of sulfonamides is 1. The Bertz CT molecular complexity index is 752. The first-order valence-corrected chi connectivity index (χ1v) is 8.97. The van der Waals surface area contributed by atoms with Crippen molar-refractivity contribution < 1.29 is 13.2 Å². The number of nitrogens with zero attached hydrogens (tertiary/aromatic N) is 1. The number of amides is 1. The highest BCUT2D eigenvalue weighted by Gasteiger charge is 2.16. The van der Waals surface area contributed by atoms with E-state index < -0.39 is 10.0 Å². The summed E-state index contributed by atoms with van der Waals surface area (Å²) in [5.41, 5.74) is 2.13. The van der Waals surface area contributed by atoms with Crippen molar-refractivity contribution in [2.24, 2.45) is 0 Å². The number of para-hydroxylation sites is 1. The maximum absolute atomic E-state index is 11.8. The molecule has 0 aliphatic carbocycles. The average Bonchev–Trinajstić information content (AvgIpc) is 2.84. The van der Waals surface area contributed by atoms with Gasteiger partial charge in [0.15, 0.2) is 0 Å². The van der Waals surface area contributed by atoms with Gasteiger partial charge in [0.2, 0.25) is 15.9 Å². The third-order valence-electron chi connectivity index (χ3n) is 3.51. The molecule has 1 amide bonds. The molecule has 0 radical (unpaired) electrons. The van der Waals surface area contributed by atoms with Gasteiger partial charge in [-0.2, -0.15) is 0 Å². The van der Waals surface area contributed by atoms with Crippen LogP contribution in [0.5, 0.6) is 0 Å². The van der Waals surface area contributed by atoms with Crippen LogP contribution < -0.4 is 5.32 Å². The number of rotatable bonds is 7. The first-order chi connectivity index (χ1) is 10.4. The Labute approximate surface area is 130 Å². The molecule has 120 valence electrons. The second-order valence-corrected chi connectivity index (χ2v) is 7.24. The maximum atomic E-state index is 11.8. The van der Waals surface area contributed by atoms with Gasteiger partial charge in [0.05, 0.1) is 6.26 Å². The minimum atomic E-state index is -3.30. The number of aromatic amines is 1. The van der Waals surface area contributed by atoms with Crippen molar-refractivity contribution in [2.45, 2.75) is 13.3 Å². The van der Waals surface area contributed by atoms with E-state index in [9.17, 15) is 13.2 Å². The fourth-order valence-corrected chi connectivity index (χ4v) is 3.23. The number of fused-ring (bicyclic) bond motifs is 1. The molecule has 1 aromatic heterocycles. The van der Waals surface area contributed by atoms with E-state index in [0.717, 1.165) is 16.5 Å². The summed E-state index contributed by atoms with van der Waals surface area (Å²) in [4.78, 5) is 14.1. The molecule has 7 heteroatoms. The van der Waals surface area contributed by atoms with E-state index in [1.807, 2.05) is 30.5 Å². The monoisotopic (exact) mass is 323 g/mol. The molecule has 0 bridgehead atoms. The molecule has 22 heavy (non-hydrogen) atoms. The molecule has 0 fully saturated rings. The van der Waals surface area contributed by atoms with E-state index in [4.69, 9.17) is 0 Å². The van der Waals surface area contributed by atoms with E-state index in [1.54, 1.807) is 0 Å². The predicted octanol–water partition coefficient (Wildman–Crippen LogP) is 1.11. The van der Waals surface area contributed by atoms with E-state index in [-0.39, 0.29) is 12.5 Å². The molecule has 0 saturated heterocycles. The van der Waals surface area contributed by atoms with Gasteiger partial charge in [-0.1, -0.05) is 18.2 Å². The zero-order chi connectivity index (χ0) is 16.2. The topological polar surface area (TPSA) is 82.3 Å². The minimum Gasteiger partial charge on any atom is -0.361 e.